The molecule has 4 aromatic rings. The van der Waals surface area contributed by atoms with Crippen molar-refractivity contribution in [1.29, 1.82) is 0 Å². The van der Waals surface area contributed by atoms with Gasteiger partial charge in [-0.2, -0.15) is 0 Å². The number of rotatable bonds is 7. The fourth-order valence-corrected chi connectivity index (χ4v) is 4.23. The normalized spacial score (nSPS) is 11.3. The molecule has 4 rings (SSSR count). The Morgan fingerprint density at radius 3 is 2.30 bits per heavy atom. The summed E-state index contributed by atoms with van der Waals surface area (Å²) in [7, 11) is 1.75. The lowest BCUT2D eigenvalue weighted by molar-refractivity contribution is 0.590. The summed E-state index contributed by atoms with van der Waals surface area (Å²) >= 11 is 0. The van der Waals surface area contributed by atoms with Crippen LogP contribution in [0.15, 0.2) is 84.3 Å². The molecule has 0 bridgehead atoms. The third-order valence-electron chi connectivity index (χ3n) is 6.69. The standard InChI is InChI=1S/C32H36N4O/c1-8-23-12-18-26(19-13-23)34-30-31(37)36(7)20-29(35-30)27-10-9-11-28(21(27)2)33-22(3)24-14-16-25(17-15-24)32(4,5)6/h9-20,33H,3,8H2,1-2,4-7H3,(H,34,35). The number of anilines is 3. The monoisotopic (exact) mass is 492 g/mol. The van der Waals surface area contributed by atoms with Crippen LogP contribution in [0.25, 0.3) is 17.0 Å². The second-order valence-electron chi connectivity index (χ2n) is 10.5. The summed E-state index contributed by atoms with van der Waals surface area (Å²) in [6.45, 7) is 15.1. The molecule has 0 saturated carbocycles. The van der Waals surface area contributed by atoms with Crippen molar-refractivity contribution in [2.75, 3.05) is 10.6 Å². The van der Waals surface area contributed by atoms with Crippen LogP contribution in [0.4, 0.5) is 17.2 Å². The first-order valence-electron chi connectivity index (χ1n) is 12.7. The Labute approximate surface area is 219 Å². The Morgan fingerprint density at radius 2 is 1.68 bits per heavy atom. The molecule has 0 aliphatic rings. The van der Waals surface area contributed by atoms with Crippen LogP contribution in [0.5, 0.6) is 0 Å². The van der Waals surface area contributed by atoms with Gasteiger partial charge in [0.15, 0.2) is 5.82 Å². The molecule has 0 amide bonds. The average Bonchev–Trinajstić information content (AvgIpc) is 2.88. The van der Waals surface area contributed by atoms with Crippen molar-refractivity contribution in [1.82, 2.24) is 9.55 Å². The summed E-state index contributed by atoms with van der Waals surface area (Å²) in [5.74, 6) is 0.297. The second kappa shape index (κ2) is 10.5. The molecule has 3 aromatic carbocycles. The number of nitrogens with one attached hydrogen (secondary N) is 2. The molecule has 1 aromatic heterocycles. The maximum Gasteiger partial charge on any atom is 0.293 e. The van der Waals surface area contributed by atoms with Gasteiger partial charge in [0.25, 0.3) is 5.56 Å². The van der Waals surface area contributed by atoms with E-state index in [0.717, 1.165) is 45.9 Å². The molecule has 0 atom stereocenters. The van der Waals surface area contributed by atoms with Gasteiger partial charge in [-0.3, -0.25) is 4.79 Å². The number of nitrogens with zero attached hydrogens (tertiary/aromatic N) is 2. The molecular formula is C32H36N4O. The largest absolute Gasteiger partial charge is 0.355 e. The van der Waals surface area contributed by atoms with Gasteiger partial charge in [-0.1, -0.05) is 82.8 Å². The van der Waals surface area contributed by atoms with E-state index in [1.807, 2.05) is 30.3 Å². The Hall–Kier alpha value is -4.12. The third kappa shape index (κ3) is 5.83. The Balaban J connectivity index is 1.62. The lowest BCUT2D eigenvalue weighted by Crippen LogP contribution is -2.21. The van der Waals surface area contributed by atoms with Crippen molar-refractivity contribution in [3.05, 3.63) is 112 Å². The summed E-state index contributed by atoms with van der Waals surface area (Å²) < 4.78 is 1.57. The predicted octanol–water partition coefficient (Wildman–Crippen LogP) is 7.44. The van der Waals surface area contributed by atoms with Crippen molar-refractivity contribution in [2.45, 2.75) is 46.5 Å². The zero-order valence-corrected chi connectivity index (χ0v) is 22.6. The van der Waals surface area contributed by atoms with E-state index < -0.39 is 0 Å². The molecule has 0 aliphatic heterocycles. The van der Waals surface area contributed by atoms with Gasteiger partial charge in [-0.15, -0.1) is 0 Å². The van der Waals surface area contributed by atoms with Crippen LogP contribution in [-0.2, 0) is 18.9 Å². The zero-order chi connectivity index (χ0) is 26.7. The molecule has 0 unspecified atom stereocenters. The highest BCUT2D eigenvalue weighted by Gasteiger charge is 2.15. The van der Waals surface area contributed by atoms with E-state index in [1.165, 1.54) is 11.1 Å². The highest BCUT2D eigenvalue weighted by atomic mass is 16.1. The van der Waals surface area contributed by atoms with Crippen LogP contribution in [0.1, 0.15) is 49.9 Å². The summed E-state index contributed by atoms with van der Waals surface area (Å²) in [5, 5.41) is 6.68. The molecule has 0 spiro atoms. The lowest BCUT2D eigenvalue weighted by atomic mass is 9.86. The quantitative estimate of drug-likeness (QED) is 0.281. The first kappa shape index (κ1) is 26.0. The summed E-state index contributed by atoms with van der Waals surface area (Å²) in [4.78, 5) is 17.6. The van der Waals surface area contributed by atoms with Gasteiger partial charge in [0, 0.05) is 35.9 Å². The number of hydrogen-bond acceptors (Lipinski definition) is 4. The molecule has 5 heteroatoms. The fraction of sp³-hybridized carbons (Fsp3) is 0.250. The molecule has 5 nitrogen and oxygen atoms in total. The first-order chi connectivity index (χ1) is 17.6. The van der Waals surface area contributed by atoms with Crippen molar-refractivity contribution in [3.63, 3.8) is 0 Å². The Morgan fingerprint density at radius 1 is 1.00 bits per heavy atom. The van der Waals surface area contributed by atoms with Gasteiger partial charge >= 0.3 is 0 Å². The van der Waals surface area contributed by atoms with Crippen LogP contribution >= 0.6 is 0 Å². The maximum absolute atomic E-state index is 12.8. The Bertz CT molecular complexity index is 1470. The van der Waals surface area contributed by atoms with E-state index >= 15 is 0 Å². The van der Waals surface area contributed by atoms with Crippen molar-refractivity contribution in [3.8, 4) is 11.3 Å². The van der Waals surface area contributed by atoms with Crippen LogP contribution in [0.2, 0.25) is 0 Å². The van der Waals surface area contributed by atoms with Crippen molar-refractivity contribution >= 4 is 22.9 Å². The molecule has 37 heavy (non-hydrogen) atoms. The number of hydrogen-bond donors (Lipinski definition) is 2. The van der Waals surface area contributed by atoms with Gasteiger partial charge in [0.05, 0.1) is 5.69 Å². The highest BCUT2D eigenvalue weighted by molar-refractivity contribution is 5.80. The minimum absolute atomic E-state index is 0.105. The van der Waals surface area contributed by atoms with Crippen LogP contribution in [0.3, 0.4) is 0 Å². The van der Waals surface area contributed by atoms with Crippen LogP contribution < -0.4 is 16.2 Å². The van der Waals surface area contributed by atoms with Gasteiger partial charge in [0.2, 0.25) is 0 Å². The van der Waals surface area contributed by atoms with Gasteiger partial charge in [-0.05, 0) is 59.2 Å². The number of aromatic nitrogens is 2. The van der Waals surface area contributed by atoms with Crippen LogP contribution in [0, 0.1) is 6.92 Å². The van der Waals surface area contributed by atoms with E-state index in [0.29, 0.717) is 5.82 Å². The van der Waals surface area contributed by atoms with E-state index in [9.17, 15) is 4.79 Å². The summed E-state index contributed by atoms with van der Waals surface area (Å²) in [6.07, 6.45) is 2.74. The van der Waals surface area contributed by atoms with E-state index in [-0.39, 0.29) is 11.0 Å². The third-order valence-corrected chi connectivity index (χ3v) is 6.69. The maximum atomic E-state index is 12.8. The minimum Gasteiger partial charge on any atom is -0.355 e. The molecular weight excluding hydrogens is 456 g/mol. The summed E-state index contributed by atoms with van der Waals surface area (Å²) in [5.41, 5.74) is 8.79. The van der Waals surface area contributed by atoms with Crippen molar-refractivity contribution in [2.24, 2.45) is 7.05 Å². The fourth-order valence-electron chi connectivity index (χ4n) is 4.23. The minimum atomic E-state index is -0.178. The summed E-state index contributed by atoms with van der Waals surface area (Å²) in [6, 6.07) is 22.6. The first-order valence-corrected chi connectivity index (χ1v) is 12.7. The topological polar surface area (TPSA) is 59.0 Å². The number of aryl methyl sites for hydroxylation is 2. The van der Waals surface area contributed by atoms with Crippen molar-refractivity contribution < 1.29 is 0 Å². The van der Waals surface area contributed by atoms with E-state index in [1.54, 1.807) is 17.8 Å². The van der Waals surface area contributed by atoms with Gasteiger partial charge in [0.1, 0.15) is 0 Å². The Kier molecular flexibility index (Phi) is 7.35. The van der Waals surface area contributed by atoms with Gasteiger partial charge in [-0.25, -0.2) is 4.98 Å². The molecule has 190 valence electrons. The van der Waals surface area contributed by atoms with E-state index in [2.05, 4.69) is 88.2 Å². The molecule has 0 fully saturated rings. The molecule has 0 aliphatic carbocycles. The highest BCUT2D eigenvalue weighted by Crippen LogP contribution is 2.30. The average molecular weight is 493 g/mol. The van der Waals surface area contributed by atoms with Gasteiger partial charge < -0.3 is 15.2 Å². The smallest absolute Gasteiger partial charge is 0.293 e. The zero-order valence-electron chi connectivity index (χ0n) is 22.6. The SMILES string of the molecule is C=C(Nc1cccc(-c2cn(C)c(=O)c(Nc3ccc(CC)cc3)n2)c1C)c1ccc(C(C)(C)C)cc1. The van der Waals surface area contributed by atoms with Crippen LogP contribution in [-0.4, -0.2) is 9.55 Å². The second-order valence-corrected chi connectivity index (χ2v) is 10.5. The molecule has 0 saturated heterocycles. The molecule has 0 radical (unpaired) electrons. The lowest BCUT2D eigenvalue weighted by Gasteiger charge is -2.20. The predicted molar refractivity (Wildman–Crippen MR) is 157 cm³/mol. The van der Waals surface area contributed by atoms with E-state index in [4.69, 9.17) is 4.98 Å². The number of benzene rings is 3. The molecule has 1 heterocycles. The molecule has 2 N–H and O–H groups in total.